The van der Waals surface area contributed by atoms with Gasteiger partial charge in [-0.25, -0.2) is 4.98 Å². The molecule has 0 N–H and O–H groups in total. The number of aromatic nitrogens is 1. The molecule has 0 fully saturated rings. The molecule has 0 spiro atoms. The Morgan fingerprint density at radius 1 is 1.43 bits per heavy atom. The smallest absolute Gasteiger partial charge is 0.226 e. The van der Waals surface area contributed by atoms with E-state index in [-0.39, 0.29) is 0 Å². The molecule has 1 aromatic heterocycles. The summed E-state index contributed by atoms with van der Waals surface area (Å²) in [5.41, 5.74) is 2.42. The van der Waals surface area contributed by atoms with Crippen LogP contribution >= 0.6 is 0 Å². The van der Waals surface area contributed by atoms with Gasteiger partial charge < -0.3 is 4.42 Å². The number of nitrogens with zero attached hydrogens (tertiary/aromatic N) is 1. The fourth-order valence-electron chi connectivity index (χ4n) is 1.37. The van der Waals surface area contributed by atoms with Crippen LogP contribution in [0.3, 0.4) is 0 Å². The van der Waals surface area contributed by atoms with Gasteiger partial charge in [0.05, 0.1) is 6.20 Å². The van der Waals surface area contributed by atoms with E-state index in [0.29, 0.717) is 11.5 Å². The van der Waals surface area contributed by atoms with Gasteiger partial charge in [0, 0.05) is 11.1 Å². The van der Waals surface area contributed by atoms with Crippen LogP contribution in [0.1, 0.15) is 15.9 Å². The summed E-state index contributed by atoms with van der Waals surface area (Å²) in [6.07, 6.45) is 3.94. The SMILES string of the molecule is Cc1c(C=O)cccc1-c1ncco1. The first kappa shape index (κ1) is 8.69. The lowest BCUT2D eigenvalue weighted by Gasteiger charge is -2.02. The Morgan fingerprint density at radius 3 is 2.93 bits per heavy atom. The number of aldehydes is 1. The molecule has 0 bridgehead atoms. The summed E-state index contributed by atoms with van der Waals surface area (Å²) < 4.78 is 5.17. The minimum absolute atomic E-state index is 0.547. The van der Waals surface area contributed by atoms with Gasteiger partial charge in [-0.15, -0.1) is 0 Å². The molecule has 0 atom stereocenters. The first-order valence-electron chi connectivity index (χ1n) is 4.27. The lowest BCUT2D eigenvalue weighted by Crippen LogP contribution is -1.89. The van der Waals surface area contributed by atoms with E-state index in [2.05, 4.69) is 4.98 Å². The Balaban J connectivity index is 2.60. The van der Waals surface area contributed by atoms with Gasteiger partial charge in [0.1, 0.15) is 12.5 Å². The average Bonchev–Trinajstić information content (AvgIpc) is 2.71. The predicted octanol–water partition coefficient (Wildman–Crippen LogP) is 2.46. The van der Waals surface area contributed by atoms with Crippen LogP contribution in [0.15, 0.2) is 35.1 Å². The maximum atomic E-state index is 10.7. The first-order chi connectivity index (χ1) is 6.83. The second-order valence-electron chi connectivity index (χ2n) is 2.97. The molecule has 3 heteroatoms. The van der Waals surface area contributed by atoms with Crippen LogP contribution in [0, 0.1) is 6.92 Å². The number of carbonyl (C=O) groups is 1. The van der Waals surface area contributed by atoms with Crippen molar-refractivity contribution in [1.82, 2.24) is 4.98 Å². The van der Waals surface area contributed by atoms with Gasteiger partial charge in [0.2, 0.25) is 5.89 Å². The minimum Gasteiger partial charge on any atom is -0.445 e. The Morgan fingerprint density at radius 2 is 2.29 bits per heavy atom. The highest BCUT2D eigenvalue weighted by molar-refractivity contribution is 5.81. The lowest BCUT2D eigenvalue weighted by atomic mass is 10.0. The molecule has 0 aliphatic heterocycles. The van der Waals surface area contributed by atoms with Gasteiger partial charge in [-0.3, -0.25) is 4.79 Å². The average molecular weight is 187 g/mol. The normalized spacial score (nSPS) is 10.1. The van der Waals surface area contributed by atoms with Gasteiger partial charge in [0.25, 0.3) is 0 Å². The molecule has 0 unspecified atom stereocenters. The highest BCUT2D eigenvalue weighted by atomic mass is 16.3. The number of hydrogen-bond acceptors (Lipinski definition) is 3. The number of rotatable bonds is 2. The molecule has 0 aliphatic carbocycles. The van der Waals surface area contributed by atoms with E-state index in [9.17, 15) is 4.79 Å². The molecule has 14 heavy (non-hydrogen) atoms. The topological polar surface area (TPSA) is 43.1 Å². The monoisotopic (exact) mass is 187 g/mol. The molecule has 2 rings (SSSR count). The summed E-state index contributed by atoms with van der Waals surface area (Å²) in [6, 6.07) is 5.47. The van der Waals surface area contributed by atoms with Crippen molar-refractivity contribution in [3.05, 3.63) is 41.8 Å². The van der Waals surface area contributed by atoms with Gasteiger partial charge in [-0.05, 0) is 18.6 Å². The van der Waals surface area contributed by atoms with Crippen LogP contribution < -0.4 is 0 Å². The Labute approximate surface area is 81.4 Å². The molecular formula is C11H9NO2. The number of oxazole rings is 1. The summed E-state index contributed by atoms with van der Waals surface area (Å²) in [4.78, 5) is 14.7. The molecule has 1 aromatic carbocycles. The lowest BCUT2D eigenvalue weighted by molar-refractivity contribution is 0.112. The number of benzene rings is 1. The van der Waals surface area contributed by atoms with Crippen molar-refractivity contribution in [3.63, 3.8) is 0 Å². The summed E-state index contributed by atoms with van der Waals surface area (Å²) in [6.45, 7) is 1.88. The quantitative estimate of drug-likeness (QED) is 0.678. The maximum Gasteiger partial charge on any atom is 0.226 e. The van der Waals surface area contributed by atoms with Crippen LogP contribution in [-0.2, 0) is 0 Å². The van der Waals surface area contributed by atoms with Crippen molar-refractivity contribution < 1.29 is 9.21 Å². The molecule has 0 aliphatic rings. The van der Waals surface area contributed by atoms with Crippen LogP contribution in [0.25, 0.3) is 11.5 Å². The summed E-state index contributed by atoms with van der Waals surface area (Å²) >= 11 is 0. The van der Waals surface area contributed by atoms with Crippen LogP contribution in [0.4, 0.5) is 0 Å². The highest BCUT2D eigenvalue weighted by Crippen LogP contribution is 2.23. The van der Waals surface area contributed by atoms with E-state index in [1.165, 1.54) is 6.26 Å². The van der Waals surface area contributed by atoms with Crippen LogP contribution in [0.5, 0.6) is 0 Å². The molecule has 70 valence electrons. The van der Waals surface area contributed by atoms with Crippen molar-refractivity contribution in [2.24, 2.45) is 0 Å². The van der Waals surface area contributed by atoms with Crippen molar-refractivity contribution in [2.75, 3.05) is 0 Å². The second-order valence-corrected chi connectivity index (χ2v) is 2.97. The van der Waals surface area contributed by atoms with Crippen molar-refractivity contribution >= 4 is 6.29 Å². The van der Waals surface area contributed by atoms with E-state index in [1.54, 1.807) is 12.3 Å². The zero-order chi connectivity index (χ0) is 9.97. The Bertz CT molecular complexity index is 446. The Hall–Kier alpha value is -1.90. The van der Waals surface area contributed by atoms with E-state index < -0.39 is 0 Å². The molecule has 0 saturated heterocycles. The standard InChI is InChI=1S/C11H9NO2/c1-8-9(7-13)3-2-4-10(8)11-12-5-6-14-11/h2-7H,1H3. The van der Waals surface area contributed by atoms with Crippen LogP contribution in [-0.4, -0.2) is 11.3 Å². The van der Waals surface area contributed by atoms with E-state index in [0.717, 1.165) is 17.4 Å². The maximum absolute atomic E-state index is 10.7. The largest absolute Gasteiger partial charge is 0.445 e. The molecule has 3 nitrogen and oxygen atoms in total. The van der Waals surface area contributed by atoms with E-state index in [4.69, 9.17) is 4.42 Å². The van der Waals surface area contributed by atoms with Crippen molar-refractivity contribution in [2.45, 2.75) is 6.92 Å². The van der Waals surface area contributed by atoms with E-state index in [1.807, 2.05) is 19.1 Å². The summed E-state index contributed by atoms with van der Waals surface area (Å²) in [7, 11) is 0. The molecule has 2 aromatic rings. The van der Waals surface area contributed by atoms with Gasteiger partial charge >= 0.3 is 0 Å². The van der Waals surface area contributed by atoms with Crippen molar-refractivity contribution in [3.8, 4) is 11.5 Å². The molecular weight excluding hydrogens is 178 g/mol. The fraction of sp³-hybridized carbons (Fsp3) is 0.0909. The minimum atomic E-state index is 0.547. The van der Waals surface area contributed by atoms with Gasteiger partial charge in [0.15, 0.2) is 0 Å². The van der Waals surface area contributed by atoms with Crippen molar-refractivity contribution in [1.29, 1.82) is 0 Å². The third-order valence-electron chi connectivity index (χ3n) is 2.17. The molecule has 0 saturated carbocycles. The summed E-state index contributed by atoms with van der Waals surface area (Å²) in [5.74, 6) is 0.547. The van der Waals surface area contributed by atoms with E-state index >= 15 is 0 Å². The van der Waals surface area contributed by atoms with Crippen LogP contribution in [0.2, 0.25) is 0 Å². The van der Waals surface area contributed by atoms with Gasteiger partial charge in [-0.2, -0.15) is 0 Å². The highest BCUT2D eigenvalue weighted by Gasteiger charge is 2.08. The molecule has 0 radical (unpaired) electrons. The fourth-order valence-corrected chi connectivity index (χ4v) is 1.37. The Kier molecular flexibility index (Phi) is 2.14. The number of hydrogen-bond donors (Lipinski definition) is 0. The zero-order valence-electron chi connectivity index (χ0n) is 7.73. The van der Waals surface area contributed by atoms with Gasteiger partial charge in [-0.1, -0.05) is 12.1 Å². The third-order valence-corrected chi connectivity index (χ3v) is 2.17. The molecule has 1 heterocycles. The first-order valence-corrected chi connectivity index (χ1v) is 4.27. The zero-order valence-corrected chi connectivity index (χ0v) is 7.73. The molecule has 0 amide bonds. The summed E-state index contributed by atoms with van der Waals surface area (Å²) in [5, 5.41) is 0. The second kappa shape index (κ2) is 3.46. The number of carbonyl (C=O) groups excluding carboxylic acids is 1. The predicted molar refractivity (Wildman–Crippen MR) is 52.1 cm³/mol. The third kappa shape index (κ3) is 1.33.